The van der Waals surface area contributed by atoms with E-state index in [-0.39, 0.29) is 18.4 Å². The molecule has 2 N–H and O–H groups in total. The van der Waals surface area contributed by atoms with E-state index in [0.717, 1.165) is 0 Å². The van der Waals surface area contributed by atoms with E-state index in [1.165, 1.54) is 0 Å². The van der Waals surface area contributed by atoms with Crippen LogP contribution in [0.25, 0.3) is 0 Å². The number of benzene rings is 1. The third-order valence-electron chi connectivity index (χ3n) is 2.07. The van der Waals surface area contributed by atoms with Crippen LogP contribution < -0.4 is 5.32 Å². The van der Waals surface area contributed by atoms with Gasteiger partial charge in [-0.3, -0.25) is 0 Å². The minimum Gasteiger partial charge on any atom is -0.506 e. The van der Waals surface area contributed by atoms with Gasteiger partial charge in [0.15, 0.2) is 0 Å². The minimum atomic E-state index is -0.450. The molecule has 1 saturated heterocycles. The molecule has 1 aliphatic heterocycles. The summed E-state index contributed by atoms with van der Waals surface area (Å²) in [7, 11) is 0. The van der Waals surface area contributed by atoms with Crippen LogP contribution in [0.15, 0.2) is 22.7 Å². The van der Waals surface area contributed by atoms with E-state index >= 15 is 0 Å². The van der Waals surface area contributed by atoms with Crippen LogP contribution in [-0.2, 0) is 4.74 Å². The zero-order valence-corrected chi connectivity index (χ0v) is 8.74. The van der Waals surface area contributed by atoms with Gasteiger partial charge >= 0.3 is 6.09 Å². The molecule has 5 heteroatoms. The van der Waals surface area contributed by atoms with Gasteiger partial charge in [-0.15, -0.1) is 0 Å². The van der Waals surface area contributed by atoms with Crippen LogP contribution in [0.4, 0.5) is 4.79 Å². The van der Waals surface area contributed by atoms with Gasteiger partial charge in [0.2, 0.25) is 0 Å². The molecule has 1 aliphatic rings. The SMILES string of the molecule is O=C1N[C@H](c2cccc(Br)c2O)CO1. The Morgan fingerprint density at radius 3 is 3.00 bits per heavy atom. The lowest BCUT2D eigenvalue weighted by molar-refractivity contribution is 0.177. The van der Waals surface area contributed by atoms with Crippen molar-refractivity contribution in [2.75, 3.05) is 6.61 Å². The fourth-order valence-corrected chi connectivity index (χ4v) is 1.75. The van der Waals surface area contributed by atoms with Crippen LogP contribution in [0.5, 0.6) is 5.75 Å². The van der Waals surface area contributed by atoms with Crippen LogP contribution in [-0.4, -0.2) is 17.8 Å². The molecule has 0 aliphatic carbocycles. The zero-order valence-electron chi connectivity index (χ0n) is 7.16. The van der Waals surface area contributed by atoms with Crippen LogP contribution >= 0.6 is 15.9 Å². The third-order valence-corrected chi connectivity index (χ3v) is 2.71. The summed E-state index contributed by atoms with van der Waals surface area (Å²) in [6.45, 7) is 0.253. The van der Waals surface area contributed by atoms with E-state index in [9.17, 15) is 9.90 Å². The lowest BCUT2D eigenvalue weighted by atomic mass is 10.1. The number of alkyl carbamates (subject to hydrolysis) is 1. The van der Waals surface area contributed by atoms with Gasteiger partial charge in [-0.1, -0.05) is 12.1 Å². The van der Waals surface area contributed by atoms with Gasteiger partial charge < -0.3 is 15.2 Å². The molecular weight excluding hydrogens is 250 g/mol. The number of hydrogen-bond donors (Lipinski definition) is 2. The van der Waals surface area contributed by atoms with Crippen molar-refractivity contribution in [3.05, 3.63) is 28.2 Å². The second kappa shape index (κ2) is 3.49. The predicted octanol–water partition coefficient (Wildman–Crippen LogP) is 1.94. The average Bonchev–Trinajstić information content (AvgIpc) is 2.57. The fourth-order valence-electron chi connectivity index (χ4n) is 1.37. The molecule has 0 radical (unpaired) electrons. The highest BCUT2D eigenvalue weighted by atomic mass is 79.9. The molecule has 14 heavy (non-hydrogen) atoms. The maximum atomic E-state index is 10.8. The number of aromatic hydroxyl groups is 1. The summed E-state index contributed by atoms with van der Waals surface area (Å²) in [6.07, 6.45) is -0.450. The van der Waals surface area contributed by atoms with Crippen molar-refractivity contribution < 1.29 is 14.6 Å². The van der Waals surface area contributed by atoms with Gasteiger partial charge in [0.05, 0.1) is 10.5 Å². The number of cyclic esters (lactones) is 1. The summed E-state index contributed by atoms with van der Waals surface area (Å²) in [5.74, 6) is 0.142. The van der Waals surface area contributed by atoms with Gasteiger partial charge in [0.25, 0.3) is 0 Å². The second-order valence-corrected chi connectivity index (χ2v) is 3.83. The second-order valence-electron chi connectivity index (χ2n) is 2.97. The Balaban J connectivity index is 2.32. The molecule has 0 aromatic heterocycles. The molecule has 1 amide bonds. The normalized spacial score (nSPS) is 20.4. The lowest BCUT2D eigenvalue weighted by Gasteiger charge is -2.10. The summed E-state index contributed by atoms with van der Waals surface area (Å²) in [4.78, 5) is 10.8. The van der Waals surface area contributed by atoms with Crippen molar-refractivity contribution in [3.8, 4) is 5.75 Å². The van der Waals surface area contributed by atoms with Crippen molar-refractivity contribution in [1.82, 2.24) is 5.32 Å². The van der Waals surface area contributed by atoms with Crippen molar-refractivity contribution in [3.63, 3.8) is 0 Å². The zero-order chi connectivity index (χ0) is 10.1. The molecule has 1 aromatic carbocycles. The fraction of sp³-hybridized carbons (Fsp3) is 0.222. The first-order chi connectivity index (χ1) is 6.68. The highest BCUT2D eigenvalue weighted by Gasteiger charge is 2.26. The summed E-state index contributed by atoms with van der Waals surface area (Å²) in [5.41, 5.74) is 0.658. The molecule has 0 saturated carbocycles. The number of amides is 1. The molecule has 0 bridgehead atoms. The number of hydrogen-bond acceptors (Lipinski definition) is 3. The van der Waals surface area contributed by atoms with E-state index in [1.54, 1.807) is 18.2 Å². The Hall–Kier alpha value is -1.23. The smallest absolute Gasteiger partial charge is 0.407 e. The molecule has 1 heterocycles. The molecule has 1 fully saturated rings. The number of carbonyl (C=O) groups excluding carboxylic acids is 1. The summed E-state index contributed by atoms with van der Waals surface area (Å²) < 4.78 is 5.35. The largest absolute Gasteiger partial charge is 0.506 e. The lowest BCUT2D eigenvalue weighted by Crippen LogP contribution is -2.18. The van der Waals surface area contributed by atoms with Crippen LogP contribution in [0.2, 0.25) is 0 Å². The van der Waals surface area contributed by atoms with Crippen LogP contribution in [0.3, 0.4) is 0 Å². The van der Waals surface area contributed by atoms with Crippen molar-refractivity contribution in [2.24, 2.45) is 0 Å². The predicted molar refractivity (Wildman–Crippen MR) is 53.0 cm³/mol. The van der Waals surface area contributed by atoms with E-state index in [0.29, 0.717) is 10.0 Å². The summed E-state index contributed by atoms with van der Waals surface area (Å²) in [5, 5.41) is 12.3. The van der Waals surface area contributed by atoms with E-state index < -0.39 is 6.09 Å². The number of nitrogens with one attached hydrogen (secondary N) is 1. The van der Waals surface area contributed by atoms with Crippen LogP contribution in [0.1, 0.15) is 11.6 Å². The third kappa shape index (κ3) is 1.55. The van der Waals surface area contributed by atoms with E-state index in [2.05, 4.69) is 21.2 Å². The van der Waals surface area contributed by atoms with Gasteiger partial charge in [0, 0.05) is 5.56 Å². The first kappa shape index (κ1) is 9.33. The number of rotatable bonds is 1. The van der Waals surface area contributed by atoms with Crippen LogP contribution in [0, 0.1) is 0 Å². The molecule has 1 atom stereocenters. The quantitative estimate of drug-likeness (QED) is 0.809. The first-order valence-corrected chi connectivity index (χ1v) is 4.88. The van der Waals surface area contributed by atoms with E-state index in [1.807, 2.05) is 0 Å². The maximum Gasteiger partial charge on any atom is 0.407 e. The average molecular weight is 258 g/mol. The maximum absolute atomic E-state index is 10.8. The molecule has 4 nitrogen and oxygen atoms in total. The van der Waals surface area contributed by atoms with Crippen molar-refractivity contribution >= 4 is 22.0 Å². The number of para-hydroxylation sites is 1. The van der Waals surface area contributed by atoms with E-state index in [4.69, 9.17) is 4.74 Å². The monoisotopic (exact) mass is 257 g/mol. The van der Waals surface area contributed by atoms with Gasteiger partial charge in [-0.05, 0) is 22.0 Å². The molecule has 0 spiro atoms. The standard InChI is InChI=1S/C9H8BrNO3/c10-6-3-1-2-5(8(6)12)7-4-14-9(13)11-7/h1-3,7,12H,4H2,(H,11,13)/t7-/m0/s1. The number of phenolic OH excluding ortho intramolecular Hbond substituents is 1. The Bertz CT molecular complexity index is 380. The first-order valence-electron chi connectivity index (χ1n) is 4.09. The molecule has 0 unspecified atom stereocenters. The molecule has 74 valence electrons. The molecule has 1 aromatic rings. The summed E-state index contributed by atoms with van der Waals surface area (Å²) in [6, 6.07) is 5.01. The Morgan fingerprint density at radius 1 is 1.57 bits per heavy atom. The Kier molecular flexibility index (Phi) is 2.33. The van der Waals surface area contributed by atoms with Gasteiger partial charge in [0.1, 0.15) is 12.4 Å². The van der Waals surface area contributed by atoms with Crippen molar-refractivity contribution in [2.45, 2.75) is 6.04 Å². The van der Waals surface area contributed by atoms with Gasteiger partial charge in [-0.25, -0.2) is 4.79 Å². The number of halogens is 1. The van der Waals surface area contributed by atoms with Gasteiger partial charge in [-0.2, -0.15) is 0 Å². The number of carbonyl (C=O) groups is 1. The van der Waals surface area contributed by atoms with Crippen molar-refractivity contribution in [1.29, 1.82) is 0 Å². The molecule has 2 rings (SSSR count). The number of ether oxygens (including phenoxy) is 1. The highest BCUT2D eigenvalue weighted by Crippen LogP contribution is 2.32. The molecular formula is C9H8BrNO3. The number of phenols is 1. The minimum absolute atomic E-state index is 0.142. The topological polar surface area (TPSA) is 58.6 Å². The summed E-state index contributed by atoms with van der Waals surface area (Å²) >= 11 is 3.20. The highest BCUT2D eigenvalue weighted by molar-refractivity contribution is 9.10. The Labute approximate surface area is 89.0 Å². The Morgan fingerprint density at radius 2 is 2.36 bits per heavy atom.